The molecule has 0 unspecified atom stereocenters. The molecular formula is C29H34ClN3O9S2. The molecule has 0 spiro atoms. The maximum Gasteiger partial charge on any atom is 0.265 e. The number of carbonyl (C=O) groups is 1. The minimum Gasteiger partial charge on any atom is -0.495 e. The smallest absolute Gasteiger partial charge is 0.265 e. The van der Waals surface area contributed by atoms with Gasteiger partial charge in [-0.25, -0.2) is 16.8 Å². The number of hydrogen-bond donors (Lipinski definition) is 1. The van der Waals surface area contributed by atoms with E-state index in [0.29, 0.717) is 24.6 Å². The molecule has 1 saturated heterocycles. The Balaban J connectivity index is 1.45. The zero-order valence-corrected chi connectivity index (χ0v) is 26.9. The molecule has 1 N–H and O–H groups in total. The summed E-state index contributed by atoms with van der Waals surface area (Å²) in [5, 5.41) is 2.89. The minimum absolute atomic E-state index is 0.0452. The van der Waals surface area contributed by atoms with Gasteiger partial charge in [0.2, 0.25) is 15.9 Å². The number of ether oxygens (including phenoxy) is 4. The number of rotatable bonds is 14. The molecule has 0 aromatic heterocycles. The average molecular weight is 668 g/mol. The van der Waals surface area contributed by atoms with Crippen molar-refractivity contribution in [2.75, 3.05) is 58.4 Å². The van der Waals surface area contributed by atoms with Gasteiger partial charge >= 0.3 is 0 Å². The average Bonchev–Trinajstić information content (AvgIpc) is 3.58. The number of hydrogen-bond acceptors (Lipinski definition) is 9. The molecule has 0 radical (unpaired) electrons. The van der Waals surface area contributed by atoms with Crippen LogP contribution in [0.4, 0.5) is 5.69 Å². The summed E-state index contributed by atoms with van der Waals surface area (Å²) >= 11 is 6.20. The van der Waals surface area contributed by atoms with E-state index >= 15 is 0 Å². The van der Waals surface area contributed by atoms with Crippen LogP contribution in [0.2, 0.25) is 5.02 Å². The maximum absolute atomic E-state index is 13.9. The van der Waals surface area contributed by atoms with Gasteiger partial charge in [0, 0.05) is 24.2 Å². The zero-order chi connectivity index (χ0) is 31.9. The van der Waals surface area contributed by atoms with Crippen molar-refractivity contribution >= 4 is 43.2 Å². The van der Waals surface area contributed by atoms with Crippen molar-refractivity contribution in [3.63, 3.8) is 0 Å². The number of halogens is 1. The number of sulfonamides is 2. The summed E-state index contributed by atoms with van der Waals surface area (Å²) in [5.41, 5.74) is 0.0603. The van der Waals surface area contributed by atoms with Crippen LogP contribution in [0.25, 0.3) is 0 Å². The lowest BCUT2D eigenvalue weighted by atomic mass is 10.3. The predicted octanol–water partition coefficient (Wildman–Crippen LogP) is 3.54. The van der Waals surface area contributed by atoms with Crippen LogP contribution in [0.5, 0.6) is 23.0 Å². The van der Waals surface area contributed by atoms with E-state index in [-0.39, 0.29) is 45.2 Å². The van der Waals surface area contributed by atoms with Crippen LogP contribution < -0.4 is 28.6 Å². The SMILES string of the molecule is COc1ccc(S(=O)(=O)N(CC(=O)NCCOc2ccc(S(=O)(=O)N3CCCC3)cc2)c2cc(Cl)ccc2OC)cc1OC. The second kappa shape index (κ2) is 14.4. The van der Waals surface area contributed by atoms with Gasteiger partial charge in [-0.1, -0.05) is 11.6 Å². The summed E-state index contributed by atoms with van der Waals surface area (Å²) in [7, 11) is -3.69. The fourth-order valence-electron chi connectivity index (χ4n) is 4.59. The molecule has 0 bridgehead atoms. The molecule has 0 saturated carbocycles. The molecule has 12 nitrogen and oxygen atoms in total. The second-order valence-corrected chi connectivity index (χ2v) is 13.9. The largest absolute Gasteiger partial charge is 0.495 e. The van der Waals surface area contributed by atoms with Gasteiger partial charge in [0.15, 0.2) is 11.5 Å². The zero-order valence-electron chi connectivity index (χ0n) is 24.5. The first-order valence-electron chi connectivity index (χ1n) is 13.6. The molecule has 1 aliphatic heterocycles. The molecule has 1 fully saturated rings. The maximum atomic E-state index is 13.9. The highest BCUT2D eigenvalue weighted by atomic mass is 35.5. The van der Waals surface area contributed by atoms with Gasteiger partial charge < -0.3 is 24.3 Å². The Labute approximate surface area is 262 Å². The highest BCUT2D eigenvalue weighted by molar-refractivity contribution is 7.93. The van der Waals surface area contributed by atoms with Crippen molar-refractivity contribution in [1.29, 1.82) is 0 Å². The molecule has 0 atom stereocenters. The molecule has 1 amide bonds. The van der Waals surface area contributed by atoms with E-state index < -0.39 is 32.5 Å². The lowest BCUT2D eigenvalue weighted by Gasteiger charge is -2.26. The first-order valence-corrected chi connectivity index (χ1v) is 16.8. The Morgan fingerprint density at radius 2 is 1.45 bits per heavy atom. The Morgan fingerprint density at radius 3 is 2.09 bits per heavy atom. The van der Waals surface area contributed by atoms with Crippen molar-refractivity contribution in [2.24, 2.45) is 0 Å². The monoisotopic (exact) mass is 667 g/mol. The fraction of sp³-hybridized carbons (Fsp3) is 0.345. The van der Waals surface area contributed by atoms with Gasteiger partial charge in [-0.05, 0) is 67.4 Å². The van der Waals surface area contributed by atoms with Crippen LogP contribution in [0.15, 0.2) is 70.5 Å². The Kier molecular flexibility index (Phi) is 10.8. The molecule has 15 heteroatoms. The first kappa shape index (κ1) is 33.2. The molecular weight excluding hydrogens is 634 g/mol. The van der Waals surface area contributed by atoms with Crippen LogP contribution >= 0.6 is 11.6 Å². The van der Waals surface area contributed by atoms with Crippen molar-refractivity contribution in [2.45, 2.75) is 22.6 Å². The molecule has 3 aromatic rings. The van der Waals surface area contributed by atoms with Crippen molar-refractivity contribution < 1.29 is 40.6 Å². The molecule has 4 rings (SSSR count). The van der Waals surface area contributed by atoms with Gasteiger partial charge in [0.25, 0.3) is 10.0 Å². The minimum atomic E-state index is -4.34. The van der Waals surface area contributed by atoms with Crippen LogP contribution in [0.1, 0.15) is 12.8 Å². The normalized spacial score (nSPS) is 13.7. The van der Waals surface area contributed by atoms with Gasteiger partial charge in [-0.2, -0.15) is 4.31 Å². The van der Waals surface area contributed by atoms with E-state index in [1.807, 2.05) is 0 Å². The summed E-state index contributed by atoms with van der Waals surface area (Å²) in [6, 6.07) is 14.6. The van der Waals surface area contributed by atoms with E-state index in [0.717, 1.165) is 17.1 Å². The van der Waals surface area contributed by atoms with Crippen molar-refractivity contribution in [3.05, 3.63) is 65.7 Å². The van der Waals surface area contributed by atoms with E-state index in [2.05, 4.69) is 5.32 Å². The summed E-state index contributed by atoms with van der Waals surface area (Å²) in [6.07, 6.45) is 1.69. The van der Waals surface area contributed by atoms with Gasteiger partial charge in [-0.3, -0.25) is 9.10 Å². The highest BCUT2D eigenvalue weighted by Gasteiger charge is 2.31. The van der Waals surface area contributed by atoms with Crippen molar-refractivity contribution in [1.82, 2.24) is 9.62 Å². The first-order chi connectivity index (χ1) is 21.0. The number of methoxy groups -OCH3 is 3. The van der Waals surface area contributed by atoms with E-state index in [9.17, 15) is 21.6 Å². The summed E-state index contributed by atoms with van der Waals surface area (Å²) in [5.74, 6) is 0.506. The highest BCUT2D eigenvalue weighted by Crippen LogP contribution is 2.37. The predicted molar refractivity (Wildman–Crippen MR) is 165 cm³/mol. The van der Waals surface area contributed by atoms with E-state index in [4.69, 9.17) is 30.5 Å². The number of benzene rings is 3. The standard InChI is InChI=1S/C29H34ClN3O9S2/c1-39-26-12-6-21(30)18-25(26)33(44(37,38)24-11-13-27(40-2)28(19-24)41-3)20-29(34)31-14-17-42-22-7-9-23(10-8-22)43(35,36)32-15-4-5-16-32/h6-13,18-19H,4-5,14-17,20H2,1-3H3,(H,31,34). The van der Waals surface area contributed by atoms with Gasteiger partial charge in [0.1, 0.15) is 24.7 Å². The number of carbonyl (C=O) groups excluding carboxylic acids is 1. The van der Waals surface area contributed by atoms with E-state index in [1.54, 1.807) is 12.1 Å². The molecule has 44 heavy (non-hydrogen) atoms. The second-order valence-electron chi connectivity index (χ2n) is 9.63. The number of nitrogens with one attached hydrogen (secondary N) is 1. The number of nitrogens with zero attached hydrogens (tertiary/aromatic N) is 2. The summed E-state index contributed by atoms with van der Waals surface area (Å²) < 4.78 is 77.1. The van der Waals surface area contributed by atoms with Crippen molar-refractivity contribution in [3.8, 4) is 23.0 Å². The lowest BCUT2D eigenvalue weighted by molar-refractivity contribution is -0.119. The lowest BCUT2D eigenvalue weighted by Crippen LogP contribution is -2.42. The Hall–Kier alpha value is -3.72. The van der Waals surface area contributed by atoms with Gasteiger partial charge in [-0.15, -0.1) is 0 Å². The third-order valence-electron chi connectivity index (χ3n) is 6.86. The fourth-order valence-corrected chi connectivity index (χ4v) is 7.72. The molecule has 1 aliphatic rings. The molecule has 3 aromatic carbocycles. The van der Waals surface area contributed by atoms with Gasteiger partial charge in [0.05, 0.1) is 43.4 Å². The Bertz CT molecular complexity index is 1680. The quantitative estimate of drug-likeness (QED) is 0.256. The summed E-state index contributed by atoms with van der Waals surface area (Å²) in [4.78, 5) is 13.1. The van der Waals surface area contributed by atoms with Crippen LogP contribution in [0, 0.1) is 0 Å². The van der Waals surface area contributed by atoms with Crippen LogP contribution in [0.3, 0.4) is 0 Å². The third kappa shape index (κ3) is 7.49. The molecule has 1 heterocycles. The third-order valence-corrected chi connectivity index (χ3v) is 10.8. The number of amides is 1. The topological polar surface area (TPSA) is 141 Å². The molecule has 238 valence electrons. The van der Waals surface area contributed by atoms with Crippen LogP contribution in [-0.2, 0) is 24.8 Å². The Morgan fingerprint density at radius 1 is 0.841 bits per heavy atom. The summed E-state index contributed by atoms with van der Waals surface area (Å²) in [6.45, 7) is 0.516. The number of anilines is 1. The molecule has 0 aliphatic carbocycles. The van der Waals surface area contributed by atoms with E-state index in [1.165, 1.54) is 74.2 Å². The van der Waals surface area contributed by atoms with Crippen LogP contribution in [-0.4, -0.2) is 81.2 Å².